The fourth-order valence-corrected chi connectivity index (χ4v) is 2.98. The maximum atomic E-state index is 5.69. The SMILES string of the molecule is CCCNC1CCCCCC1N(C)CCOC(C)C. The van der Waals surface area contributed by atoms with Crippen LogP contribution in [0.1, 0.15) is 59.3 Å². The van der Waals surface area contributed by atoms with E-state index in [2.05, 4.69) is 38.0 Å². The molecule has 0 spiro atoms. The van der Waals surface area contributed by atoms with Crippen molar-refractivity contribution < 1.29 is 4.74 Å². The van der Waals surface area contributed by atoms with Gasteiger partial charge in [0.1, 0.15) is 0 Å². The van der Waals surface area contributed by atoms with Crippen molar-refractivity contribution in [3.05, 3.63) is 0 Å². The van der Waals surface area contributed by atoms with Gasteiger partial charge in [0.15, 0.2) is 0 Å². The second kappa shape index (κ2) is 9.73. The van der Waals surface area contributed by atoms with E-state index < -0.39 is 0 Å². The molecule has 0 amide bonds. The monoisotopic (exact) mass is 270 g/mol. The second-order valence-electron chi connectivity index (χ2n) is 6.17. The van der Waals surface area contributed by atoms with Gasteiger partial charge in [-0.1, -0.05) is 26.2 Å². The van der Waals surface area contributed by atoms with Crippen LogP contribution in [0.2, 0.25) is 0 Å². The van der Waals surface area contributed by atoms with Crippen LogP contribution in [0.3, 0.4) is 0 Å². The van der Waals surface area contributed by atoms with Gasteiger partial charge in [0, 0.05) is 18.6 Å². The van der Waals surface area contributed by atoms with Crippen molar-refractivity contribution in [2.45, 2.75) is 77.5 Å². The summed E-state index contributed by atoms with van der Waals surface area (Å²) in [7, 11) is 2.26. The number of rotatable bonds is 8. The molecule has 2 atom stereocenters. The van der Waals surface area contributed by atoms with E-state index in [1.165, 1.54) is 38.5 Å². The summed E-state index contributed by atoms with van der Waals surface area (Å²) < 4.78 is 5.69. The van der Waals surface area contributed by atoms with Crippen molar-refractivity contribution >= 4 is 0 Å². The summed E-state index contributed by atoms with van der Waals surface area (Å²) in [4.78, 5) is 2.51. The van der Waals surface area contributed by atoms with Gasteiger partial charge in [-0.2, -0.15) is 0 Å². The molecule has 2 unspecified atom stereocenters. The summed E-state index contributed by atoms with van der Waals surface area (Å²) >= 11 is 0. The Bertz CT molecular complexity index is 221. The van der Waals surface area contributed by atoms with E-state index in [0.29, 0.717) is 18.2 Å². The molecule has 1 fully saturated rings. The van der Waals surface area contributed by atoms with E-state index in [1.54, 1.807) is 0 Å². The van der Waals surface area contributed by atoms with Gasteiger partial charge in [0.05, 0.1) is 12.7 Å². The molecule has 0 heterocycles. The zero-order valence-corrected chi connectivity index (χ0v) is 13.5. The van der Waals surface area contributed by atoms with Crippen LogP contribution in [0.4, 0.5) is 0 Å². The van der Waals surface area contributed by atoms with Crippen LogP contribution in [-0.2, 0) is 4.74 Å². The van der Waals surface area contributed by atoms with Crippen molar-refractivity contribution in [1.29, 1.82) is 0 Å². The van der Waals surface area contributed by atoms with Crippen LogP contribution in [0.5, 0.6) is 0 Å². The molecule has 1 saturated carbocycles. The minimum Gasteiger partial charge on any atom is -0.377 e. The molecule has 3 heteroatoms. The lowest BCUT2D eigenvalue weighted by molar-refractivity contribution is 0.0503. The van der Waals surface area contributed by atoms with E-state index in [0.717, 1.165) is 19.7 Å². The molecule has 0 aliphatic heterocycles. The number of likely N-dealkylation sites (N-methyl/N-ethyl adjacent to an activating group) is 1. The van der Waals surface area contributed by atoms with Gasteiger partial charge in [-0.05, 0) is 46.7 Å². The Labute approximate surface area is 120 Å². The number of ether oxygens (including phenoxy) is 1. The fourth-order valence-electron chi connectivity index (χ4n) is 2.98. The van der Waals surface area contributed by atoms with E-state index >= 15 is 0 Å². The molecular weight excluding hydrogens is 236 g/mol. The third-order valence-corrected chi connectivity index (χ3v) is 4.10. The molecule has 0 bridgehead atoms. The van der Waals surface area contributed by atoms with E-state index in [1.807, 2.05) is 0 Å². The van der Waals surface area contributed by atoms with Gasteiger partial charge in [-0.25, -0.2) is 0 Å². The summed E-state index contributed by atoms with van der Waals surface area (Å²) in [5.41, 5.74) is 0. The standard InChI is InChI=1S/C16H34N2O/c1-5-11-17-15-9-7-6-8-10-16(15)18(4)12-13-19-14(2)3/h14-17H,5-13H2,1-4H3. The third-order valence-electron chi connectivity index (χ3n) is 4.10. The summed E-state index contributed by atoms with van der Waals surface area (Å²) in [6.45, 7) is 9.52. The molecule has 0 aromatic rings. The number of nitrogens with zero attached hydrogens (tertiary/aromatic N) is 1. The lowest BCUT2D eigenvalue weighted by Crippen LogP contribution is -2.49. The number of hydrogen-bond donors (Lipinski definition) is 1. The molecule has 1 rings (SSSR count). The van der Waals surface area contributed by atoms with Crippen LogP contribution in [0.25, 0.3) is 0 Å². The van der Waals surface area contributed by atoms with Gasteiger partial charge >= 0.3 is 0 Å². The average Bonchev–Trinajstić information content (AvgIpc) is 2.61. The molecule has 114 valence electrons. The van der Waals surface area contributed by atoms with Crippen molar-refractivity contribution in [2.75, 3.05) is 26.7 Å². The first-order valence-electron chi connectivity index (χ1n) is 8.20. The minimum absolute atomic E-state index is 0.344. The quantitative estimate of drug-likeness (QED) is 0.686. The van der Waals surface area contributed by atoms with Crippen molar-refractivity contribution in [2.24, 2.45) is 0 Å². The molecule has 0 saturated heterocycles. The van der Waals surface area contributed by atoms with E-state index in [9.17, 15) is 0 Å². The molecule has 0 aromatic heterocycles. The van der Waals surface area contributed by atoms with Crippen LogP contribution in [0, 0.1) is 0 Å². The Morgan fingerprint density at radius 2 is 1.95 bits per heavy atom. The topological polar surface area (TPSA) is 24.5 Å². The van der Waals surface area contributed by atoms with Gasteiger partial charge in [-0.15, -0.1) is 0 Å². The predicted octanol–water partition coefficient (Wildman–Crippen LogP) is 3.04. The summed E-state index contributed by atoms with van der Waals surface area (Å²) in [5.74, 6) is 0. The smallest absolute Gasteiger partial charge is 0.0596 e. The van der Waals surface area contributed by atoms with Gasteiger partial charge in [0.2, 0.25) is 0 Å². The van der Waals surface area contributed by atoms with Crippen molar-refractivity contribution in [3.63, 3.8) is 0 Å². The maximum Gasteiger partial charge on any atom is 0.0596 e. The highest BCUT2D eigenvalue weighted by Gasteiger charge is 2.26. The first kappa shape index (κ1) is 16.9. The Hall–Kier alpha value is -0.120. The Morgan fingerprint density at radius 3 is 2.63 bits per heavy atom. The van der Waals surface area contributed by atoms with Gasteiger partial charge in [-0.3, -0.25) is 4.90 Å². The maximum absolute atomic E-state index is 5.69. The summed E-state index contributed by atoms with van der Waals surface area (Å²) in [6.07, 6.45) is 8.40. The molecule has 1 aliphatic carbocycles. The highest BCUT2D eigenvalue weighted by Crippen LogP contribution is 2.21. The zero-order chi connectivity index (χ0) is 14.1. The number of hydrogen-bond acceptors (Lipinski definition) is 3. The average molecular weight is 270 g/mol. The summed E-state index contributed by atoms with van der Waals surface area (Å²) in [5, 5.41) is 3.76. The highest BCUT2D eigenvalue weighted by molar-refractivity contribution is 4.85. The lowest BCUT2D eigenvalue weighted by atomic mass is 10.0. The molecule has 0 aromatic carbocycles. The highest BCUT2D eigenvalue weighted by atomic mass is 16.5. The van der Waals surface area contributed by atoms with Crippen LogP contribution < -0.4 is 5.32 Å². The van der Waals surface area contributed by atoms with Crippen LogP contribution in [-0.4, -0.2) is 49.8 Å². The Morgan fingerprint density at radius 1 is 1.21 bits per heavy atom. The first-order valence-corrected chi connectivity index (χ1v) is 8.20. The molecule has 1 aliphatic rings. The largest absolute Gasteiger partial charge is 0.377 e. The van der Waals surface area contributed by atoms with Crippen LogP contribution >= 0.6 is 0 Å². The van der Waals surface area contributed by atoms with Gasteiger partial charge in [0.25, 0.3) is 0 Å². The molecule has 19 heavy (non-hydrogen) atoms. The fraction of sp³-hybridized carbons (Fsp3) is 1.00. The van der Waals surface area contributed by atoms with Crippen LogP contribution in [0.15, 0.2) is 0 Å². The zero-order valence-electron chi connectivity index (χ0n) is 13.5. The Kier molecular flexibility index (Phi) is 8.67. The summed E-state index contributed by atoms with van der Waals surface area (Å²) in [6, 6.07) is 1.36. The molecule has 3 nitrogen and oxygen atoms in total. The lowest BCUT2D eigenvalue weighted by Gasteiger charge is -2.34. The van der Waals surface area contributed by atoms with Gasteiger partial charge < -0.3 is 10.1 Å². The van der Waals surface area contributed by atoms with Crippen molar-refractivity contribution in [3.8, 4) is 0 Å². The molecule has 0 radical (unpaired) electrons. The Balaban J connectivity index is 2.42. The molecular formula is C16H34N2O. The number of nitrogens with one attached hydrogen (secondary N) is 1. The van der Waals surface area contributed by atoms with E-state index in [4.69, 9.17) is 4.74 Å². The normalized spacial score (nSPS) is 24.9. The van der Waals surface area contributed by atoms with E-state index in [-0.39, 0.29) is 0 Å². The second-order valence-corrected chi connectivity index (χ2v) is 6.17. The molecule has 1 N–H and O–H groups in total. The first-order chi connectivity index (χ1) is 9.15. The van der Waals surface area contributed by atoms with Crippen molar-refractivity contribution in [1.82, 2.24) is 10.2 Å². The predicted molar refractivity (Wildman–Crippen MR) is 82.7 cm³/mol. The third kappa shape index (κ3) is 6.73. The minimum atomic E-state index is 0.344.